The number of rotatable bonds is 0. The van der Waals surface area contributed by atoms with Crippen LogP contribution in [-0.2, 0) is 10.3 Å². The molecule has 1 amide bonds. The molecule has 3 heteroatoms. The number of carbonyl (C=O) groups is 1. The first kappa shape index (κ1) is 8.68. The molecule has 15 heavy (non-hydrogen) atoms. The summed E-state index contributed by atoms with van der Waals surface area (Å²) in [7, 11) is 0. The second-order valence-corrected chi connectivity index (χ2v) is 3.96. The highest BCUT2D eigenvalue weighted by Crippen LogP contribution is 2.35. The fourth-order valence-corrected chi connectivity index (χ4v) is 2.39. The van der Waals surface area contributed by atoms with Crippen molar-refractivity contribution in [1.29, 1.82) is 0 Å². The molecular weight excluding hydrogens is 188 g/mol. The van der Waals surface area contributed by atoms with Gasteiger partial charge in [-0.1, -0.05) is 36.4 Å². The average Bonchev–Trinajstić information content (AvgIpc) is 2.62. The van der Waals surface area contributed by atoms with Crippen LogP contribution in [0.15, 0.2) is 30.3 Å². The van der Waals surface area contributed by atoms with Crippen molar-refractivity contribution in [2.75, 3.05) is 6.67 Å². The van der Waals surface area contributed by atoms with E-state index in [0.29, 0.717) is 6.67 Å². The van der Waals surface area contributed by atoms with Gasteiger partial charge in [0.2, 0.25) is 5.91 Å². The van der Waals surface area contributed by atoms with Crippen LogP contribution in [-0.4, -0.2) is 12.6 Å². The molecular formula is C12H12N2O. The van der Waals surface area contributed by atoms with Crippen molar-refractivity contribution >= 4 is 12.0 Å². The SMILES string of the molecule is O=C1NCNC12CC=Cc1ccccc12. The molecule has 3 rings (SSSR count). The van der Waals surface area contributed by atoms with E-state index in [4.69, 9.17) is 0 Å². The van der Waals surface area contributed by atoms with Gasteiger partial charge in [0.1, 0.15) is 5.54 Å². The van der Waals surface area contributed by atoms with Gasteiger partial charge in [0.05, 0.1) is 6.67 Å². The first-order valence-electron chi connectivity index (χ1n) is 5.12. The van der Waals surface area contributed by atoms with E-state index in [0.717, 1.165) is 17.5 Å². The van der Waals surface area contributed by atoms with Gasteiger partial charge in [0, 0.05) is 0 Å². The van der Waals surface area contributed by atoms with Gasteiger partial charge in [0.25, 0.3) is 0 Å². The molecule has 1 aromatic carbocycles. The molecule has 2 aliphatic rings. The van der Waals surface area contributed by atoms with Crippen LogP contribution in [0.1, 0.15) is 17.5 Å². The summed E-state index contributed by atoms with van der Waals surface area (Å²) in [5, 5.41) is 6.10. The Hall–Kier alpha value is -1.61. The van der Waals surface area contributed by atoms with Gasteiger partial charge in [0.15, 0.2) is 0 Å². The summed E-state index contributed by atoms with van der Waals surface area (Å²) < 4.78 is 0. The number of carbonyl (C=O) groups excluding carboxylic acids is 1. The predicted octanol–water partition coefficient (Wildman–Crippen LogP) is 0.976. The van der Waals surface area contributed by atoms with Crippen LogP contribution in [0.2, 0.25) is 0 Å². The lowest BCUT2D eigenvalue weighted by molar-refractivity contribution is -0.124. The molecule has 1 aromatic rings. The zero-order valence-electron chi connectivity index (χ0n) is 8.29. The largest absolute Gasteiger partial charge is 0.342 e. The Morgan fingerprint density at radius 2 is 2.13 bits per heavy atom. The summed E-state index contributed by atoms with van der Waals surface area (Å²) in [6.07, 6.45) is 4.87. The molecule has 1 fully saturated rings. The Balaban J connectivity index is 2.21. The van der Waals surface area contributed by atoms with Gasteiger partial charge in [-0.05, 0) is 17.5 Å². The molecule has 1 spiro atoms. The van der Waals surface area contributed by atoms with Crippen LogP contribution >= 0.6 is 0 Å². The maximum atomic E-state index is 11.9. The molecule has 76 valence electrons. The minimum absolute atomic E-state index is 0.0827. The average molecular weight is 200 g/mol. The fourth-order valence-electron chi connectivity index (χ4n) is 2.39. The zero-order valence-corrected chi connectivity index (χ0v) is 8.29. The van der Waals surface area contributed by atoms with Gasteiger partial charge in [-0.15, -0.1) is 0 Å². The summed E-state index contributed by atoms with van der Waals surface area (Å²) in [6, 6.07) is 8.04. The topological polar surface area (TPSA) is 41.1 Å². The lowest BCUT2D eigenvalue weighted by Crippen LogP contribution is -2.44. The monoisotopic (exact) mass is 200 g/mol. The smallest absolute Gasteiger partial charge is 0.246 e. The molecule has 0 radical (unpaired) electrons. The van der Waals surface area contributed by atoms with Gasteiger partial charge in [-0.2, -0.15) is 0 Å². The van der Waals surface area contributed by atoms with Crippen LogP contribution < -0.4 is 10.6 Å². The number of nitrogens with one attached hydrogen (secondary N) is 2. The van der Waals surface area contributed by atoms with Crippen molar-refractivity contribution in [2.45, 2.75) is 12.0 Å². The predicted molar refractivity (Wildman–Crippen MR) is 57.9 cm³/mol. The molecule has 0 aromatic heterocycles. The molecule has 1 heterocycles. The minimum Gasteiger partial charge on any atom is -0.342 e. The number of amides is 1. The van der Waals surface area contributed by atoms with Crippen LogP contribution in [0.25, 0.3) is 6.08 Å². The third-order valence-corrected chi connectivity index (χ3v) is 3.17. The van der Waals surface area contributed by atoms with E-state index in [1.807, 2.05) is 24.3 Å². The molecule has 2 N–H and O–H groups in total. The molecule has 1 atom stereocenters. The van der Waals surface area contributed by atoms with E-state index in [-0.39, 0.29) is 5.91 Å². The van der Waals surface area contributed by atoms with Gasteiger partial charge < -0.3 is 5.32 Å². The second kappa shape index (κ2) is 2.94. The Morgan fingerprint density at radius 3 is 2.93 bits per heavy atom. The first-order valence-corrected chi connectivity index (χ1v) is 5.12. The third kappa shape index (κ3) is 1.07. The summed E-state index contributed by atoms with van der Waals surface area (Å²) in [5.74, 6) is 0.0827. The Morgan fingerprint density at radius 1 is 1.27 bits per heavy atom. The maximum Gasteiger partial charge on any atom is 0.246 e. The van der Waals surface area contributed by atoms with Gasteiger partial charge >= 0.3 is 0 Å². The highest BCUT2D eigenvalue weighted by molar-refractivity contribution is 5.91. The molecule has 0 bridgehead atoms. The summed E-state index contributed by atoms with van der Waals surface area (Å²) in [6.45, 7) is 0.557. The van der Waals surface area contributed by atoms with E-state index in [2.05, 4.69) is 22.8 Å². The summed E-state index contributed by atoms with van der Waals surface area (Å²) in [4.78, 5) is 11.9. The van der Waals surface area contributed by atoms with Crippen molar-refractivity contribution in [2.24, 2.45) is 0 Å². The molecule has 1 unspecified atom stereocenters. The standard InChI is InChI=1S/C12H12N2O/c15-11-12(14-8-13-11)7-3-5-9-4-1-2-6-10(9)12/h1-6,14H,7-8H2,(H,13,15). The lowest BCUT2D eigenvalue weighted by Gasteiger charge is -2.30. The van der Waals surface area contributed by atoms with E-state index in [1.165, 1.54) is 0 Å². The van der Waals surface area contributed by atoms with E-state index in [1.54, 1.807) is 0 Å². The van der Waals surface area contributed by atoms with E-state index >= 15 is 0 Å². The van der Waals surface area contributed by atoms with Crippen LogP contribution in [0.5, 0.6) is 0 Å². The van der Waals surface area contributed by atoms with Crippen molar-refractivity contribution < 1.29 is 4.79 Å². The Kier molecular flexibility index (Phi) is 1.70. The highest BCUT2D eigenvalue weighted by atomic mass is 16.2. The zero-order chi connectivity index (χ0) is 10.3. The van der Waals surface area contributed by atoms with E-state index < -0.39 is 5.54 Å². The number of fused-ring (bicyclic) bond motifs is 2. The lowest BCUT2D eigenvalue weighted by atomic mass is 9.80. The molecule has 1 aliphatic carbocycles. The van der Waals surface area contributed by atoms with Crippen molar-refractivity contribution in [1.82, 2.24) is 10.6 Å². The Bertz CT molecular complexity index is 453. The molecule has 1 aliphatic heterocycles. The quantitative estimate of drug-likeness (QED) is 0.655. The fraction of sp³-hybridized carbons (Fsp3) is 0.250. The molecule has 0 saturated carbocycles. The molecule has 3 nitrogen and oxygen atoms in total. The highest BCUT2D eigenvalue weighted by Gasteiger charge is 2.44. The van der Waals surface area contributed by atoms with Crippen LogP contribution in [0, 0.1) is 0 Å². The summed E-state index contributed by atoms with van der Waals surface area (Å²) in [5.41, 5.74) is 1.70. The number of benzene rings is 1. The molecule has 1 saturated heterocycles. The van der Waals surface area contributed by atoms with Gasteiger partial charge in [-0.3, -0.25) is 10.1 Å². The van der Waals surface area contributed by atoms with Gasteiger partial charge in [-0.25, -0.2) is 0 Å². The maximum absolute atomic E-state index is 11.9. The normalized spacial score (nSPS) is 27.9. The second-order valence-electron chi connectivity index (χ2n) is 3.96. The first-order chi connectivity index (χ1) is 7.33. The number of hydrogen-bond donors (Lipinski definition) is 2. The van der Waals surface area contributed by atoms with Crippen molar-refractivity contribution in [3.63, 3.8) is 0 Å². The van der Waals surface area contributed by atoms with E-state index in [9.17, 15) is 4.79 Å². The number of hydrogen-bond acceptors (Lipinski definition) is 2. The van der Waals surface area contributed by atoms with Crippen LogP contribution in [0.4, 0.5) is 0 Å². The van der Waals surface area contributed by atoms with Crippen molar-refractivity contribution in [3.05, 3.63) is 41.5 Å². The third-order valence-electron chi connectivity index (χ3n) is 3.17. The summed E-state index contributed by atoms with van der Waals surface area (Å²) >= 11 is 0. The van der Waals surface area contributed by atoms with Crippen LogP contribution in [0.3, 0.4) is 0 Å². The van der Waals surface area contributed by atoms with Crippen molar-refractivity contribution in [3.8, 4) is 0 Å². The minimum atomic E-state index is -0.522. The Labute approximate surface area is 88.2 Å².